The van der Waals surface area contributed by atoms with Crippen molar-refractivity contribution in [2.24, 2.45) is 17.8 Å². The van der Waals surface area contributed by atoms with Crippen LogP contribution in [0.3, 0.4) is 0 Å². The molecule has 0 unspecified atom stereocenters. The van der Waals surface area contributed by atoms with Crippen LogP contribution in [0.5, 0.6) is 0 Å². The van der Waals surface area contributed by atoms with Gasteiger partial charge in [0, 0.05) is 0 Å². The number of carbonyl (C=O) groups excluding carboxylic acids is 2. The molecule has 19 heavy (non-hydrogen) atoms. The number of esters is 2. The number of hydrogen-bond donors (Lipinski definition) is 0. The Hall–Kier alpha value is -1.32. The lowest BCUT2D eigenvalue weighted by atomic mass is 9.80. The number of hydrogen-bond acceptors (Lipinski definition) is 4. The van der Waals surface area contributed by atoms with Crippen molar-refractivity contribution in [3.63, 3.8) is 0 Å². The summed E-state index contributed by atoms with van der Waals surface area (Å²) in [4.78, 5) is 24.1. The Bertz CT molecular complexity index is 330. The van der Waals surface area contributed by atoms with Crippen LogP contribution in [-0.4, -0.2) is 25.2 Å². The van der Waals surface area contributed by atoms with Gasteiger partial charge in [0.1, 0.15) is 0 Å². The average molecular weight is 268 g/mol. The molecule has 0 aromatic rings. The topological polar surface area (TPSA) is 52.6 Å². The zero-order valence-corrected chi connectivity index (χ0v) is 12.1. The lowest BCUT2D eigenvalue weighted by Gasteiger charge is -2.26. The molecule has 0 aromatic carbocycles. The second kappa shape index (κ2) is 7.31. The molecule has 1 fully saturated rings. The zero-order chi connectivity index (χ0) is 14.4. The first-order chi connectivity index (χ1) is 9.02. The fourth-order valence-electron chi connectivity index (χ4n) is 2.91. The minimum absolute atomic E-state index is 0.0319. The fraction of sp³-hybridized carbons (Fsp3) is 0.733. The highest BCUT2D eigenvalue weighted by molar-refractivity contribution is 5.95. The Morgan fingerprint density at radius 3 is 2.11 bits per heavy atom. The van der Waals surface area contributed by atoms with Crippen molar-refractivity contribution in [1.29, 1.82) is 0 Å². The molecule has 4 nitrogen and oxygen atoms in total. The van der Waals surface area contributed by atoms with Crippen LogP contribution in [0, 0.1) is 17.8 Å². The van der Waals surface area contributed by atoms with Crippen LogP contribution >= 0.6 is 0 Å². The summed E-state index contributed by atoms with van der Waals surface area (Å²) in [6.45, 7) is 9.97. The smallest absolute Gasteiger partial charge is 0.320 e. The van der Waals surface area contributed by atoms with Crippen molar-refractivity contribution in [1.82, 2.24) is 0 Å². The molecule has 0 N–H and O–H groups in total. The van der Waals surface area contributed by atoms with E-state index in [0.29, 0.717) is 0 Å². The molecule has 0 aromatic heterocycles. The van der Waals surface area contributed by atoms with Crippen molar-refractivity contribution >= 4 is 11.9 Å². The number of carbonyl (C=O) groups is 2. The average Bonchev–Trinajstić information content (AvgIpc) is 2.79. The van der Waals surface area contributed by atoms with E-state index < -0.39 is 17.9 Å². The zero-order valence-electron chi connectivity index (χ0n) is 12.1. The summed E-state index contributed by atoms with van der Waals surface area (Å²) in [5, 5.41) is 0. The molecule has 0 heterocycles. The van der Waals surface area contributed by atoms with E-state index in [1.54, 1.807) is 13.8 Å². The number of allylic oxidation sites excluding steroid dienone is 1. The first kappa shape index (κ1) is 15.7. The molecule has 108 valence electrons. The van der Waals surface area contributed by atoms with Gasteiger partial charge in [-0.05, 0) is 45.4 Å². The third-order valence-electron chi connectivity index (χ3n) is 3.71. The normalized spacial score (nSPS) is 22.3. The molecule has 2 atom stereocenters. The Morgan fingerprint density at radius 1 is 1.16 bits per heavy atom. The number of rotatable bonds is 6. The molecule has 1 saturated carbocycles. The van der Waals surface area contributed by atoms with Gasteiger partial charge in [0.05, 0.1) is 13.2 Å². The van der Waals surface area contributed by atoms with Crippen LogP contribution in [0.1, 0.15) is 40.0 Å². The standard InChI is InChI=1S/C15H24O4/c1-5-18-14(16)13(15(17)19-6-2)12-9-7-8-11(12)10(3)4/h11-13H,3,5-9H2,1-2,4H3/t11-,12+/m0/s1. The molecule has 0 bridgehead atoms. The maximum atomic E-state index is 12.1. The van der Waals surface area contributed by atoms with Crippen molar-refractivity contribution < 1.29 is 19.1 Å². The van der Waals surface area contributed by atoms with E-state index in [1.165, 1.54) is 0 Å². The predicted octanol–water partition coefficient (Wildman–Crippen LogP) is 2.72. The first-order valence-corrected chi connectivity index (χ1v) is 7.01. The third-order valence-corrected chi connectivity index (χ3v) is 3.71. The van der Waals surface area contributed by atoms with Gasteiger partial charge in [0.25, 0.3) is 0 Å². The number of ether oxygens (including phenoxy) is 2. The van der Waals surface area contributed by atoms with E-state index >= 15 is 0 Å². The molecule has 4 heteroatoms. The highest BCUT2D eigenvalue weighted by Gasteiger charge is 2.43. The van der Waals surface area contributed by atoms with Gasteiger partial charge in [-0.15, -0.1) is 0 Å². The SMILES string of the molecule is C=C(C)[C@@H]1CCC[C@H]1C(C(=O)OCC)C(=O)OCC. The lowest BCUT2D eigenvalue weighted by Crippen LogP contribution is -2.36. The molecule has 0 aliphatic heterocycles. The minimum Gasteiger partial charge on any atom is -0.465 e. The van der Waals surface area contributed by atoms with Crippen molar-refractivity contribution in [2.45, 2.75) is 40.0 Å². The molecule has 0 amide bonds. The summed E-state index contributed by atoms with van der Waals surface area (Å²) >= 11 is 0. The predicted molar refractivity (Wildman–Crippen MR) is 72.4 cm³/mol. The van der Waals surface area contributed by atoms with Crippen LogP contribution < -0.4 is 0 Å². The Morgan fingerprint density at radius 2 is 1.68 bits per heavy atom. The fourth-order valence-corrected chi connectivity index (χ4v) is 2.91. The molecule has 0 spiro atoms. The van der Waals surface area contributed by atoms with Crippen molar-refractivity contribution in [2.75, 3.05) is 13.2 Å². The largest absolute Gasteiger partial charge is 0.465 e. The van der Waals surface area contributed by atoms with Crippen molar-refractivity contribution in [3.05, 3.63) is 12.2 Å². The first-order valence-electron chi connectivity index (χ1n) is 7.01. The van der Waals surface area contributed by atoms with Gasteiger partial charge in [-0.2, -0.15) is 0 Å². The van der Waals surface area contributed by atoms with Crippen molar-refractivity contribution in [3.8, 4) is 0 Å². The Labute approximate surface area is 115 Å². The highest BCUT2D eigenvalue weighted by Crippen LogP contribution is 2.41. The van der Waals surface area contributed by atoms with Gasteiger partial charge in [-0.1, -0.05) is 18.6 Å². The maximum absolute atomic E-state index is 12.1. The molecular weight excluding hydrogens is 244 g/mol. The van der Waals surface area contributed by atoms with E-state index in [2.05, 4.69) is 6.58 Å². The lowest BCUT2D eigenvalue weighted by molar-refractivity contribution is -0.165. The summed E-state index contributed by atoms with van der Waals surface area (Å²) in [7, 11) is 0. The maximum Gasteiger partial charge on any atom is 0.320 e. The van der Waals surface area contributed by atoms with E-state index in [4.69, 9.17) is 9.47 Å². The van der Waals surface area contributed by atoms with Gasteiger partial charge in [-0.25, -0.2) is 0 Å². The minimum atomic E-state index is -0.802. The second-order valence-corrected chi connectivity index (χ2v) is 5.03. The molecule has 1 aliphatic carbocycles. The summed E-state index contributed by atoms with van der Waals surface area (Å²) in [6, 6.07) is 0. The van der Waals surface area contributed by atoms with Gasteiger partial charge >= 0.3 is 11.9 Å². The summed E-state index contributed by atoms with van der Waals surface area (Å²) in [5.74, 6) is -1.54. The quantitative estimate of drug-likeness (QED) is 0.422. The van der Waals surface area contributed by atoms with Crippen LogP contribution in [0.15, 0.2) is 12.2 Å². The van der Waals surface area contributed by atoms with E-state index in [9.17, 15) is 9.59 Å². The van der Waals surface area contributed by atoms with Crippen LogP contribution in [0.25, 0.3) is 0 Å². The molecule has 0 saturated heterocycles. The van der Waals surface area contributed by atoms with Crippen LogP contribution in [0.4, 0.5) is 0 Å². The molecule has 0 radical (unpaired) electrons. The third kappa shape index (κ3) is 3.82. The summed E-state index contributed by atoms with van der Waals surface area (Å²) < 4.78 is 10.1. The highest BCUT2D eigenvalue weighted by atomic mass is 16.6. The Kier molecular flexibility index (Phi) is 6.06. The van der Waals surface area contributed by atoms with Gasteiger partial charge in [0.2, 0.25) is 0 Å². The van der Waals surface area contributed by atoms with Gasteiger partial charge in [0.15, 0.2) is 5.92 Å². The van der Waals surface area contributed by atoms with E-state index in [-0.39, 0.29) is 25.0 Å². The van der Waals surface area contributed by atoms with Gasteiger partial charge < -0.3 is 9.47 Å². The summed E-state index contributed by atoms with van der Waals surface area (Å²) in [6.07, 6.45) is 2.84. The van der Waals surface area contributed by atoms with Crippen LogP contribution in [0.2, 0.25) is 0 Å². The molecule has 1 rings (SSSR count). The van der Waals surface area contributed by atoms with Crippen LogP contribution in [-0.2, 0) is 19.1 Å². The second-order valence-electron chi connectivity index (χ2n) is 5.03. The monoisotopic (exact) mass is 268 g/mol. The van der Waals surface area contributed by atoms with E-state index in [1.807, 2.05) is 6.92 Å². The summed E-state index contributed by atoms with van der Waals surface area (Å²) in [5.41, 5.74) is 1.03. The van der Waals surface area contributed by atoms with Gasteiger partial charge in [-0.3, -0.25) is 9.59 Å². The van der Waals surface area contributed by atoms with E-state index in [0.717, 1.165) is 24.8 Å². The molecule has 1 aliphatic rings. The Balaban J connectivity index is 2.91. The molecular formula is C15H24O4.